The van der Waals surface area contributed by atoms with E-state index >= 15 is 0 Å². The molecule has 2 aromatic rings. The first-order valence-corrected chi connectivity index (χ1v) is 8.34. The number of methoxy groups -OCH3 is 1. The van der Waals surface area contributed by atoms with Gasteiger partial charge in [-0.05, 0) is 37.0 Å². The second kappa shape index (κ2) is 8.67. The standard InChI is InChI=1S/C20H25N3O.HI/c1-15-7-3-5-9-17(15)20(11-12-20)14-22-19(21)23-18-10-6-4-8-16(18)13-24-2;/h3-10H,11-14H2,1-2H3,(H3,21,22,23);1H. The molecule has 4 nitrogen and oxygen atoms in total. The van der Waals surface area contributed by atoms with Gasteiger partial charge in [0.2, 0.25) is 0 Å². The highest BCUT2D eigenvalue weighted by Crippen LogP contribution is 2.49. The van der Waals surface area contributed by atoms with E-state index in [0.29, 0.717) is 12.6 Å². The van der Waals surface area contributed by atoms with Gasteiger partial charge in [0.05, 0.1) is 13.2 Å². The summed E-state index contributed by atoms with van der Waals surface area (Å²) in [5, 5.41) is 3.21. The average molecular weight is 451 g/mol. The van der Waals surface area contributed by atoms with Crippen LogP contribution in [0, 0.1) is 6.92 Å². The minimum atomic E-state index is 0. The number of hydrogen-bond acceptors (Lipinski definition) is 2. The Bertz CT molecular complexity index is 741. The molecule has 0 spiro atoms. The van der Waals surface area contributed by atoms with E-state index in [2.05, 4.69) is 41.5 Å². The molecule has 1 fully saturated rings. The van der Waals surface area contributed by atoms with Crippen molar-refractivity contribution in [1.82, 2.24) is 0 Å². The van der Waals surface area contributed by atoms with E-state index in [1.807, 2.05) is 24.3 Å². The van der Waals surface area contributed by atoms with Gasteiger partial charge in [-0.25, -0.2) is 0 Å². The first-order valence-electron chi connectivity index (χ1n) is 8.34. The monoisotopic (exact) mass is 451 g/mol. The second-order valence-electron chi connectivity index (χ2n) is 6.51. The van der Waals surface area contributed by atoms with Crippen molar-refractivity contribution in [3.05, 3.63) is 65.2 Å². The summed E-state index contributed by atoms with van der Waals surface area (Å²) in [6.45, 7) is 3.44. The van der Waals surface area contributed by atoms with Crippen molar-refractivity contribution in [3.63, 3.8) is 0 Å². The Balaban J connectivity index is 0.00000225. The van der Waals surface area contributed by atoms with Crippen LogP contribution in [0.5, 0.6) is 0 Å². The van der Waals surface area contributed by atoms with Crippen LogP contribution in [0.4, 0.5) is 5.69 Å². The molecule has 0 aromatic heterocycles. The van der Waals surface area contributed by atoms with E-state index in [-0.39, 0.29) is 29.4 Å². The van der Waals surface area contributed by atoms with Gasteiger partial charge in [0.15, 0.2) is 5.96 Å². The van der Waals surface area contributed by atoms with Gasteiger partial charge < -0.3 is 15.8 Å². The molecule has 25 heavy (non-hydrogen) atoms. The van der Waals surface area contributed by atoms with Crippen LogP contribution in [0.1, 0.15) is 29.5 Å². The smallest absolute Gasteiger partial charge is 0.193 e. The number of nitrogens with two attached hydrogens (primary N) is 1. The zero-order valence-electron chi connectivity index (χ0n) is 14.8. The van der Waals surface area contributed by atoms with Crippen LogP contribution in [0.25, 0.3) is 0 Å². The predicted octanol–water partition coefficient (Wildman–Crippen LogP) is 4.22. The number of anilines is 1. The Kier molecular flexibility index (Phi) is 6.84. The van der Waals surface area contributed by atoms with E-state index in [9.17, 15) is 0 Å². The third-order valence-electron chi connectivity index (χ3n) is 4.70. The van der Waals surface area contributed by atoms with Crippen molar-refractivity contribution in [1.29, 1.82) is 0 Å². The number of nitrogens with one attached hydrogen (secondary N) is 1. The molecule has 3 N–H and O–H groups in total. The molecule has 1 aliphatic rings. The second-order valence-corrected chi connectivity index (χ2v) is 6.51. The van der Waals surface area contributed by atoms with E-state index in [4.69, 9.17) is 10.5 Å². The summed E-state index contributed by atoms with van der Waals surface area (Å²) in [5.41, 5.74) is 11.0. The first-order chi connectivity index (χ1) is 11.6. The molecule has 0 aliphatic heterocycles. The molecule has 3 rings (SSSR count). The number of benzene rings is 2. The van der Waals surface area contributed by atoms with Gasteiger partial charge in [-0.3, -0.25) is 4.99 Å². The number of guanidine groups is 1. The molecule has 5 heteroatoms. The van der Waals surface area contributed by atoms with Gasteiger partial charge in [0, 0.05) is 23.8 Å². The highest BCUT2D eigenvalue weighted by atomic mass is 127. The van der Waals surface area contributed by atoms with Gasteiger partial charge in [-0.15, -0.1) is 24.0 Å². The number of para-hydroxylation sites is 1. The summed E-state index contributed by atoms with van der Waals surface area (Å²) in [7, 11) is 1.69. The van der Waals surface area contributed by atoms with Gasteiger partial charge in [0.1, 0.15) is 0 Å². The van der Waals surface area contributed by atoms with Crippen LogP contribution in [0.2, 0.25) is 0 Å². The van der Waals surface area contributed by atoms with E-state index in [1.54, 1.807) is 7.11 Å². The summed E-state index contributed by atoms with van der Waals surface area (Å²) in [4.78, 5) is 4.61. The number of hydrogen-bond donors (Lipinski definition) is 2. The Labute approximate surface area is 166 Å². The minimum Gasteiger partial charge on any atom is -0.380 e. The Morgan fingerprint density at radius 1 is 1.16 bits per heavy atom. The number of nitrogens with zero attached hydrogens (tertiary/aromatic N) is 1. The minimum absolute atomic E-state index is 0. The van der Waals surface area contributed by atoms with Gasteiger partial charge >= 0.3 is 0 Å². The molecule has 0 amide bonds. The molecular formula is C20H26IN3O. The van der Waals surface area contributed by atoms with Crippen LogP contribution in [-0.4, -0.2) is 19.6 Å². The Morgan fingerprint density at radius 3 is 2.52 bits per heavy atom. The average Bonchev–Trinajstić information content (AvgIpc) is 3.36. The highest BCUT2D eigenvalue weighted by molar-refractivity contribution is 14.0. The third-order valence-corrected chi connectivity index (χ3v) is 4.70. The SMILES string of the molecule is COCc1ccccc1NC(N)=NCC1(c2ccccc2C)CC1.I. The maximum Gasteiger partial charge on any atom is 0.193 e. The fourth-order valence-electron chi connectivity index (χ4n) is 3.17. The van der Waals surface area contributed by atoms with E-state index in [0.717, 1.165) is 17.8 Å². The van der Waals surface area contributed by atoms with Crippen molar-refractivity contribution >= 4 is 35.6 Å². The lowest BCUT2D eigenvalue weighted by molar-refractivity contribution is 0.185. The highest BCUT2D eigenvalue weighted by Gasteiger charge is 2.44. The van der Waals surface area contributed by atoms with Gasteiger partial charge in [-0.2, -0.15) is 0 Å². The maximum atomic E-state index is 6.12. The number of rotatable bonds is 6. The predicted molar refractivity (Wildman–Crippen MR) is 115 cm³/mol. The van der Waals surface area contributed by atoms with Crippen molar-refractivity contribution in [2.24, 2.45) is 10.7 Å². The molecule has 2 aromatic carbocycles. The maximum absolute atomic E-state index is 6.12. The molecular weight excluding hydrogens is 425 g/mol. The van der Waals surface area contributed by atoms with Crippen molar-refractivity contribution in [2.45, 2.75) is 31.8 Å². The van der Waals surface area contributed by atoms with Crippen molar-refractivity contribution < 1.29 is 4.74 Å². The van der Waals surface area contributed by atoms with E-state index < -0.39 is 0 Å². The van der Waals surface area contributed by atoms with Crippen LogP contribution < -0.4 is 11.1 Å². The molecule has 0 atom stereocenters. The molecule has 1 saturated carbocycles. The lowest BCUT2D eigenvalue weighted by Gasteiger charge is -2.17. The molecule has 134 valence electrons. The lowest BCUT2D eigenvalue weighted by Crippen LogP contribution is -2.25. The van der Waals surface area contributed by atoms with Crippen LogP contribution in [0.3, 0.4) is 0 Å². The topological polar surface area (TPSA) is 59.6 Å². The quantitative estimate of drug-likeness (QED) is 0.393. The number of aliphatic imine (C=N–C) groups is 1. The van der Waals surface area contributed by atoms with Crippen molar-refractivity contribution in [3.8, 4) is 0 Å². The zero-order chi connectivity index (χ0) is 17.0. The van der Waals surface area contributed by atoms with Crippen LogP contribution in [-0.2, 0) is 16.8 Å². The van der Waals surface area contributed by atoms with Crippen LogP contribution in [0.15, 0.2) is 53.5 Å². The number of aryl methyl sites for hydroxylation is 1. The normalized spacial score (nSPS) is 15.4. The Morgan fingerprint density at radius 2 is 1.84 bits per heavy atom. The Hall–Kier alpha value is -1.60. The summed E-state index contributed by atoms with van der Waals surface area (Å²) < 4.78 is 5.22. The summed E-state index contributed by atoms with van der Waals surface area (Å²) >= 11 is 0. The summed E-state index contributed by atoms with van der Waals surface area (Å²) in [6, 6.07) is 16.6. The fourth-order valence-corrected chi connectivity index (χ4v) is 3.17. The van der Waals surface area contributed by atoms with Crippen molar-refractivity contribution in [2.75, 3.05) is 19.0 Å². The molecule has 1 aliphatic carbocycles. The number of halogens is 1. The molecule has 0 bridgehead atoms. The first kappa shape index (κ1) is 19.7. The summed E-state index contributed by atoms with van der Waals surface area (Å²) in [6.07, 6.45) is 2.35. The largest absolute Gasteiger partial charge is 0.380 e. The molecule has 0 saturated heterocycles. The molecule has 0 heterocycles. The molecule has 0 unspecified atom stereocenters. The summed E-state index contributed by atoms with van der Waals surface area (Å²) in [5.74, 6) is 0.457. The fraction of sp³-hybridized carbons (Fsp3) is 0.350. The molecule has 0 radical (unpaired) electrons. The lowest BCUT2D eigenvalue weighted by atomic mass is 9.92. The van der Waals surface area contributed by atoms with E-state index in [1.165, 1.54) is 24.0 Å². The zero-order valence-corrected chi connectivity index (χ0v) is 17.1. The van der Waals surface area contributed by atoms with Gasteiger partial charge in [0.25, 0.3) is 0 Å². The van der Waals surface area contributed by atoms with Crippen LogP contribution >= 0.6 is 24.0 Å². The van der Waals surface area contributed by atoms with Gasteiger partial charge in [-0.1, -0.05) is 42.5 Å². The third kappa shape index (κ3) is 4.73. The number of ether oxygens (including phenoxy) is 1.